The monoisotopic (exact) mass is 211 g/mol. The van der Waals surface area contributed by atoms with Gasteiger partial charge in [-0.15, -0.1) is 0 Å². The minimum Gasteiger partial charge on any atom is -0.249 e. The van der Waals surface area contributed by atoms with Gasteiger partial charge < -0.3 is 0 Å². The Morgan fingerprint density at radius 2 is 2.07 bits per heavy atom. The predicted molar refractivity (Wildman–Crippen MR) is 60.0 cm³/mol. The van der Waals surface area contributed by atoms with Crippen molar-refractivity contribution < 1.29 is 4.21 Å². The van der Waals surface area contributed by atoms with Crippen molar-refractivity contribution in [2.45, 2.75) is 25.2 Å². The van der Waals surface area contributed by atoms with Gasteiger partial charge in [0.05, 0.1) is 9.73 Å². The van der Waals surface area contributed by atoms with Crippen LogP contribution in [0.15, 0.2) is 29.2 Å². The molecule has 0 aliphatic heterocycles. The molecule has 0 saturated carbocycles. The van der Waals surface area contributed by atoms with E-state index in [1.165, 1.54) is 11.8 Å². The quantitative estimate of drug-likeness (QED) is 0.820. The molecule has 1 rings (SSSR count). The molecule has 0 aromatic heterocycles. The van der Waals surface area contributed by atoms with E-state index in [0.29, 0.717) is 10.8 Å². The summed E-state index contributed by atoms with van der Waals surface area (Å²) in [7, 11) is -2.56. The van der Waals surface area contributed by atoms with Gasteiger partial charge in [-0.2, -0.15) is 0 Å². The van der Waals surface area contributed by atoms with Crippen molar-refractivity contribution in [3.05, 3.63) is 29.8 Å². The molecule has 2 nitrogen and oxygen atoms in total. The fourth-order valence-electron chi connectivity index (χ4n) is 1.39. The van der Waals surface area contributed by atoms with E-state index in [1.807, 2.05) is 18.2 Å². The second-order valence-corrected chi connectivity index (χ2v) is 6.25. The largest absolute Gasteiger partial charge is 0.249 e. The van der Waals surface area contributed by atoms with Gasteiger partial charge in [-0.3, -0.25) is 0 Å². The van der Waals surface area contributed by atoms with E-state index in [9.17, 15) is 4.21 Å². The Bertz CT molecular complexity index is 407. The zero-order valence-corrected chi connectivity index (χ0v) is 9.73. The maximum absolute atomic E-state index is 11.5. The van der Waals surface area contributed by atoms with Gasteiger partial charge >= 0.3 is 0 Å². The Kier molecular flexibility index (Phi) is 3.32. The third-order valence-corrected chi connectivity index (χ3v) is 3.15. The third kappa shape index (κ3) is 3.14. The fourth-order valence-corrected chi connectivity index (χ4v) is 2.10. The van der Waals surface area contributed by atoms with E-state index >= 15 is 0 Å². The second kappa shape index (κ2) is 4.13. The third-order valence-electron chi connectivity index (χ3n) is 1.99. The number of hydrogen-bond acceptors (Lipinski definition) is 2. The van der Waals surface area contributed by atoms with Crippen LogP contribution in [0.3, 0.4) is 0 Å². The van der Waals surface area contributed by atoms with Crippen LogP contribution >= 0.6 is 0 Å². The fraction of sp³-hybridized carbons (Fsp3) is 0.455. The molecule has 0 aliphatic carbocycles. The van der Waals surface area contributed by atoms with Crippen LogP contribution in [-0.2, 0) is 16.1 Å². The summed E-state index contributed by atoms with van der Waals surface area (Å²) in [6, 6.07) is 7.55. The second-order valence-electron chi connectivity index (χ2n) is 4.09. The molecule has 1 N–H and O–H groups in total. The molecule has 0 aliphatic rings. The smallest absolute Gasteiger partial charge is 0.0696 e. The molecule has 78 valence electrons. The molecule has 1 aromatic rings. The summed E-state index contributed by atoms with van der Waals surface area (Å²) in [5.41, 5.74) is 1.17. The van der Waals surface area contributed by atoms with E-state index < -0.39 is 9.73 Å². The van der Waals surface area contributed by atoms with Crippen LogP contribution in [0.1, 0.15) is 19.4 Å². The van der Waals surface area contributed by atoms with Crippen LogP contribution < -0.4 is 0 Å². The highest BCUT2D eigenvalue weighted by Crippen LogP contribution is 2.14. The van der Waals surface area contributed by atoms with Crippen molar-refractivity contribution in [2.75, 3.05) is 6.26 Å². The Balaban J connectivity index is 3.02. The molecule has 1 atom stereocenters. The first-order valence-corrected chi connectivity index (χ1v) is 6.69. The molecule has 3 heteroatoms. The van der Waals surface area contributed by atoms with Crippen LogP contribution in [0.2, 0.25) is 0 Å². The number of nitrogens with one attached hydrogen (secondary N) is 1. The normalized spacial score (nSPS) is 15.4. The molecule has 14 heavy (non-hydrogen) atoms. The van der Waals surface area contributed by atoms with Crippen LogP contribution in [0.25, 0.3) is 0 Å². The molecular weight excluding hydrogens is 194 g/mol. The molecule has 0 amide bonds. The van der Waals surface area contributed by atoms with Crippen molar-refractivity contribution in [2.24, 2.45) is 5.92 Å². The van der Waals surface area contributed by atoms with Crippen molar-refractivity contribution >= 4 is 9.73 Å². The van der Waals surface area contributed by atoms with Crippen molar-refractivity contribution in [1.29, 1.82) is 4.78 Å². The van der Waals surface area contributed by atoms with E-state index in [1.54, 1.807) is 6.07 Å². The average Bonchev–Trinajstić information content (AvgIpc) is 2.01. The van der Waals surface area contributed by atoms with Crippen molar-refractivity contribution in [1.82, 2.24) is 0 Å². The van der Waals surface area contributed by atoms with Crippen molar-refractivity contribution in [3.63, 3.8) is 0 Å². The molecule has 0 saturated heterocycles. The molecule has 1 unspecified atom stereocenters. The maximum Gasteiger partial charge on any atom is 0.0696 e. The van der Waals surface area contributed by atoms with Gasteiger partial charge in [0.15, 0.2) is 0 Å². The van der Waals surface area contributed by atoms with Crippen LogP contribution in [0.5, 0.6) is 0 Å². The molecule has 1 aromatic carbocycles. The summed E-state index contributed by atoms with van der Waals surface area (Å²) < 4.78 is 19.0. The van der Waals surface area contributed by atoms with Crippen LogP contribution in [0, 0.1) is 10.7 Å². The lowest BCUT2D eigenvalue weighted by Crippen LogP contribution is -1.98. The Labute approximate surface area is 86.3 Å². The highest BCUT2D eigenvalue weighted by Gasteiger charge is 2.04. The summed E-state index contributed by atoms with van der Waals surface area (Å²) in [5, 5.41) is 0. The average molecular weight is 211 g/mol. The highest BCUT2D eigenvalue weighted by molar-refractivity contribution is 7.91. The lowest BCUT2D eigenvalue weighted by atomic mass is 10.0. The van der Waals surface area contributed by atoms with E-state index in [2.05, 4.69) is 13.8 Å². The molecular formula is C11H17NOS. The van der Waals surface area contributed by atoms with E-state index in [0.717, 1.165) is 6.42 Å². The van der Waals surface area contributed by atoms with Crippen LogP contribution in [-0.4, -0.2) is 10.5 Å². The Hall–Kier alpha value is -0.830. The SMILES string of the molecule is CC(C)Cc1cccc(S(C)(=N)=O)c1. The molecule has 0 heterocycles. The molecule has 0 spiro atoms. The van der Waals surface area contributed by atoms with Gasteiger partial charge in [0, 0.05) is 11.2 Å². The van der Waals surface area contributed by atoms with Gasteiger partial charge in [-0.1, -0.05) is 26.0 Å². The summed E-state index contributed by atoms with van der Waals surface area (Å²) in [4.78, 5) is 0.635. The first-order chi connectivity index (χ1) is 6.39. The van der Waals surface area contributed by atoms with Crippen LogP contribution in [0.4, 0.5) is 0 Å². The summed E-state index contributed by atoms with van der Waals surface area (Å²) in [5.74, 6) is 0.587. The molecule has 0 bridgehead atoms. The molecule has 0 fully saturated rings. The predicted octanol–water partition coefficient (Wildman–Crippen LogP) is 2.92. The first-order valence-electron chi connectivity index (χ1n) is 4.72. The lowest BCUT2D eigenvalue weighted by molar-refractivity contribution is 0.645. The van der Waals surface area contributed by atoms with E-state index in [-0.39, 0.29) is 0 Å². The zero-order chi connectivity index (χ0) is 10.8. The Morgan fingerprint density at radius 1 is 1.43 bits per heavy atom. The number of rotatable bonds is 3. The Morgan fingerprint density at radius 3 is 2.57 bits per heavy atom. The number of benzene rings is 1. The number of hydrogen-bond donors (Lipinski definition) is 1. The summed E-state index contributed by atoms with van der Waals surface area (Å²) >= 11 is 0. The molecule has 0 radical (unpaired) electrons. The maximum atomic E-state index is 11.5. The zero-order valence-electron chi connectivity index (χ0n) is 8.91. The van der Waals surface area contributed by atoms with Gasteiger partial charge in [0.1, 0.15) is 0 Å². The van der Waals surface area contributed by atoms with Gasteiger partial charge in [-0.25, -0.2) is 8.99 Å². The van der Waals surface area contributed by atoms with E-state index in [4.69, 9.17) is 4.78 Å². The van der Waals surface area contributed by atoms with Gasteiger partial charge in [0.25, 0.3) is 0 Å². The first kappa shape index (κ1) is 11.2. The lowest BCUT2D eigenvalue weighted by Gasteiger charge is -2.07. The topological polar surface area (TPSA) is 40.9 Å². The van der Waals surface area contributed by atoms with Crippen molar-refractivity contribution in [3.8, 4) is 0 Å². The van der Waals surface area contributed by atoms with Gasteiger partial charge in [0.2, 0.25) is 0 Å². The summed E-state index contributed by atoms with van der Waals surface area (Å²) in [6.07, 6.45) is 2.44. The minimum atomic E-state index is -2.56. The van der Waals surface area contributed by atoms with Gasteiger partial charge in [-0.05, 0) is 30.0 Å². The summed E-state index contributed by atoms with van der Waals surface area (Å²) in [6.45, 7) is 4.30. The highest BCUT2D eigenvalue weighted by atomic mass is 32.2. The standard InChI is InChI=1S/C11H17NOS/c1-9(2)7-10-5-4-6-11(8-10)14(3,12)13/h4-6,8-9,12H,7H2,1-3H3. The minimum absolute atomic E-state index is 0.587.